The zero-order valence-corrected chi connectivity index (χ0v) is 20.2. The van der Waals surface area contributed by atoms with E-state index in [1.807, 2.05) is 52.0 Å². The maximum Gasteiger partial charge on any atom is 0.308 e. The monoisotopic (exact) mass is 412 g/mol. The van der Waals surface area contributed by atoms with Gasteiger partial charge in [0, 0.05) is 4.90 Å². The first-order valence-electron chi connectivity index (χ1n) is 9.45. The highest BCUT2D eigenvalue weighted by Gasteiger charge is 2.40. The number of carbonyl (C=O) groups is 1. The second-order valence-corrected chi connectivity index (χ2v) is 15.9. The molecule has 0 fully saturated rings. The van der Waals surface area contributed by atoms with Gasteiger partial charge in [-0.2, -0.15) is 0 Å². The first kappa shape index (κ1) is 24.1. The van der Waals surface area contributed by atoms with E-state index in [9.17, 15) is 9.00 Å². The molecule has 0 aliphatic carbocycles. The maximum atomic E-state index is 12.9. The van der Waals surface area contributed by atoms with E-state index in [4.69, 9.17) is 9.16 Å². The van der Waals surface area contributed by atoms with Gasteiger partial charge in [-0.05, 0) is 58.0 Å². The fourth-order valence-electron chi connectivity index (χ4n) is 2.25. The number of esters is 1. The highest BCUT2D eigenvalue weighted by atomic mass is 32.2. The molecule has 0 amide bonds. The van der Waals surface area contributed by atoms with Crippen molar-refractivity contribution in [3.63, 3.8) is 0 Å². The Hall–Kier alpha value is -0.983. The third kappa shape index (κ3) is 8.28. The van der Waals surface area contributed by atoms with E-state index in [1.54, 1.807) is 0 Å². The Kier molecular flexibility index (Phi) is 8.03. The molecule has 4 nitrogen and oxygen atoms in total. The molecule has 0 aliphatic heterocycles. The van der Waals surface area contributed by atoms with Gasteiger partial charge in [0.2, 0.25) is 0 Å². The molecule has 27 heavy (non-hydrogen) atoms. The number of carbonyl (C=O) groups excluding carboxylic acids is 1. The number of ether oxygens (including phenoxy) is 1. The summed E-state index contributed by atoms with van der Waals surface area (Å²) in [4.78, 5) is 13.1. The highest BCUT2D eigenvalue weighted by Crippen LogP contribution is 2.38. The van der Waals surface area contributed by atoms with E-state index in [0.29, 0.717) is 0 Å². The summed E-state index contributed by atoms with van der Waals surface area (Å²) in [6, 6.07) is 7.65. The van der Waals surface area contributed by atoms with Crippen molar-refractivity contribution in [3.8, 4) is 0 Å². The Bertz CT molecular complexity index is 654. The van der Waals surface area contributed by atoms with Gasteiger partial charge in [-0.1, -0.05) is 38.5 Å². The third-order valence-electron chi connectivity index (χ3n) is 4.70. The van der Waals surface area contributed by atoms with Crippen molar-refractivity contribution in [3.05, 3.63) is 29.8 Å². The topological polar surface area (TPSA) is 52.6 Å². The molecular weight excluding hydrogens is 376 g/mol. The van der Waals surface area contributed by atoms with Crippen LogP contribution in [0.2, 0.25) is 18.1 Å². The average molecular weight is 413 g/mol. The van der Waals surface area contributed by atoms with E-state index < -0.39 is 30.8 Å². The molecule has 0 saturated carbocycles. The molecule has 0 saturated heterocycles. The molecule has 0 radical (unpaired) electrons. The molecule has 0 aromatic heterocycles. The largest absolute Gasteiger partial charge is 0.460 e. The second kappa shape index (κ2) is 9.01. The summed E-state index contributed by atoms with van der Waals surface area (Å²) in [7, 11) is -3.35. The molecule has 1 unspecified atom stereocenters. The van der Waals surface area contributed by atoms with E-state index in [-0.39, 0.29) is 23.2 Å². The Labute approximate surface area is 168 Å². The summed E-state index contributed by atoms with van der Waals surface area (Å²) in [5.41, 5.74) is 0.577. The zero-order valence-electron chi connectivity index (χ0n) is 18.3. The van der Waals surface area contributed by atoms with Crippen molar-refractivity contribution in [2.24, 2.45) is 0 Å². The van der Waals surface area contributed by atoms with Gasteiger partial charge in [0.15, 0.2) is 8.32 Å². The van der Waals surface area contributed by atoms with E-state index in [2.05, 4.69) is 33.9 Å². The Morgan fingerprint density at radius 3 is 2.04 bits per heavy atom. The van der Waals surface area contributed by atoms with E-state index >= 15 is 0 Å². The molecule has 0 heterocycles. The van der Waals surface area contributed by atoms with E-state index in [0.717, 1.165) is 10.5 Å². The minimum Gasteiger partial charge on any atom is -0.460 e. The van der Waals surface area contributed by atoms with Crippen LogP contribution in [0.15, 0.2) is 29.2 Å². The average Bonchev–Trinajstić information content (AvgIpc) is 2.43. The Morgan fingerprint density at radius 2 is 1.59 bits per heavy atom. The Morgan fingerprint density at radius 1 is 1.07 bits per heavy atom. The quantitative estimate of drug-likeness (QED) is 0.455. The maximum absolute atomic E-state index is 12.9. The van der Waals surface area contributed by atoms with Crippen molar-refractivity contribution in [2.75, 3.05) is 5.75 Å². The SMILES string of the molecule is Cc1ccc(S(=O)C[C@H](CC(=O)OC(C)(C)C)O[Si](C)(C)C(C)(C)C)cc1. The molecular formula is C21H36O4SSi. The molecule has 0 bridgehead atoms. The molecule has 154 valence electrons. The second-order valence-electron chi connectivity index (χ2n) is 9.62. The van der Waals surface area contributed by atoms with Crippen molar-refractivity contribution < 1.29 is 18.2 Å². The predicted molar refractivity (Wildman–Crippen MR) is 115 cm³/mol. The molecule has 1 aromatic carbocycles. The minimum absolute atomic E-state index is 0.00450. The molecule has 0 N–H and O–H groups in total. The van der Waals surface area contributed by atoms with Crippen LogP contribution in [0, 0.1) is 6.92 Å². The van der Waals surface area contributed by atoms with Crippen LogP contribution in [-0.2, 0) is 24.8 Å². The lowest BCUT2D eigenvalue weighted by Crippen LogP contribution is -2.46. The lowest BCUT2D eigenvalue weighted by Gasteiger charge is -2.39. The third-order valence-corrected chi connectivity index (χ3v) is 10.7. The first-order valence-corrected chi connectivity index (χ1v) is 13.7. The molecule has 2 atom stereocenters. The van der Waals surface area contributed by atoms with Gasteiger partial charge in [0.25, 0.3) is 0 Å². The van der Waals surface area contributed by atoms with Gasteiger partial charge in [0.1, 0.15) is 5.60 Å². The minimum atomic E-state index is -2.11. The van der Waals surface area contributed by atoms with Gasteiger partial charge in [0.05, 0.1) is 29.1 Å². The fourth-order valence-corrected chi connectivity index (χ4v) is 4.88. The van der Waals surface area contributed by atoms with Crippen LogP contribution < -0.4 is 0 Å². The normalized spacial score (nSPS) is 15.3. The van der Waals surface area contributed by atoms with Gasteiger partial charge in [-0.25, -0.2) is 0 Å². The van der Waals surface area contributed by atoms with Crippen LogP contribution in [-0.4, -0.2) is 36.0 Å². The van der Waals surface area contributed by atoms with Gasteiger partial charge in [-0.3, -0.25) is 9.00 Å². The summed E-state index contributed by atoms with van der Waals surface area (Å²) < 4.78 is 24.8. The summed E-state index contributed by atoms with van der Waals surface area (Å²) in [6.07, 6.45) is -0.315. The van der Waals surface area contributed by atoms with E-state index in [1.165, 1.54) is 0 Å². The lowest BCUT2D eigenvalue weighted by molar-refractivity contribution is -0.156. The molecule has 6 heteroatoms. The number of hydrogen-bond acceptors (Lipinski definition) is 4. The van der Waals surface area contributed by atoms with Crippen molar-refractivity contribution in [1.82, 2.24) is 0 Å². The van der Waals surface area contributed by atoms with Gasteiger partial charge in [-0.15, -0.1) is 0 Å². The summed E-state index contributed by atoms with van der Waals surface area (Å²) in [6.45, 7) is 18.3. The van der Waals surface area contributed by atoms with Crippen LogP contribution in [0.3, 0.4) is 0 Å². The van der Waals surface area contributed by atoms with Crippen LogP contribution in [0.5, 0.6) is 0 Å². The van der Waals surface area contributed by atoms with Gasteiger partial charge < -0.3 is 9.16 Å². The molecule has 1 rings (SSSR count). The number of rotatable bonds is 7. The number of aryl methyl sites for hydroxylation is 1. The van der Waals surface area contributed by atoms with Crippen molar-refractivity contribution in [2.45, 2.75) is 89.6 Å². The van der Waals surface area contributed by atoms with Gasteiger partial charge >= 0.3 is 5.97 Å². The zero-order chi connectivity index (χ0) is 21.0. The van der Waals surface area contributed by atoms with Crippen molar-refractivity contribution >= 4 is 25.1 Å². The fraction of sp³-hybridized carbons (Fsp3) is 0.667. The molecule has 0 spiro atoms. The summed E-state index contributed by atoms with van der Waals surface area (Å²) >= 11 is 0. The summed E-state index contributed by atoms with van der Waals surface area (Å²) in [5.74, 6) is -0.0263. The Balaban J connectivity index is 2.97. The van der Waals surface area contributed by atoms with Crippen LogP contribution >= 0.6 is 0 Å². The standard InChI is InChI=1S/C21H36O4SSi/c1-16-10-12-18(13-11-16)26(23)15-17(14-19(22)24-20(2,3)4)25-27(8,9)21(5,6)7/h10-13,17H,14-15H2,1-9H3/t17-,26?/m0/s1. The smallest absolute Gasteiger partial charge is 0.308 e. The first-order chi connectivity index (χ1) is 12.1. The predicted octanol–water partition coefficient (Wildman–Crippen LogP) is 5.22. The highest BCUT2D eigenvalue weighted by molar-refractivity contribution is 7.85. The molecule has 1 aromatic rings. The van der Waals surface area contributed by atoms with Crippen LogP contribution in [0.4, 0.5) is 0 Å². The molecule has 0 aliphatic rings. The lowest BCUT2D eigenvalue weighted by atomic mass is 10.2. The van der Waals surface area contributed by atoms with Crippen LogP contribution in [0.25, 0.3) is 0 Å². The van der Waals surface area contributed by atoms with Crippen molar-refractivity contribution in [1.29, 1.82) is 0 Å². The number of hydrogen-bond donors (Lipinski definition) is 0. The van der Waals surface area contributed by atoms with Crippen LogP contribution in [0.1, 0.15) is 53.5 Å². The summed E-state index contributed by atoms with van der Waals surface area (Å²) in [5, 5.41) is 0.00450. The number of benzene rings is 1.